The van der Waals surface area contributed by atoms with E-state index in [0.29, 0.717) is 12.8 Å². The van der Waals surface area contributed by atoms with Crippen LogP contribution in [0.4, 0.5) is 0 Å². The van der Waals surface area contributed by atoms with Crippen molar-refractivity contribution in [3.63, 3.8) is 0 Å². The SMILES string of the molecule is ClC(Cl)(Cc1ccccc1)Cc1ccccc1.[Zr]. The van der Waals surface area contributed by atoms with E-state index in [1.54, 1.807) is 0 Å². The number of benzene rings is 2. The molecule has 2 rings (SSSR count). The molecule has 0 unspecified atom stereocenters. The first-order valence-electron chi connectivity index (χ1n) is 5.61. The molecule has 2 aromatic carbocycles. The summed E-state index contributed by atoms with van der Waals surface area (Å²) in [7, 11) is 0. The molecule has 0 aliphatic carbocycles. The van der Waals surface area contributed by atoms with Gasteiger partial charge in [-0.05, 0) is 11.1 Å². The van der Waals surface area contributed by atoms with E-state index in [1.165, 1.54) is 0 Å². The van der Waals surface area contributed by atoms with Gasteiger partial charge in [0, 0.05) is 39.0 Å². The zero-order valence-corrected chi connectivity index (χ0v) is 13.9. The number of hydrogen-bond acceptors (Lipinski definition) is 0. The van der Waals surface area contributed by atoms with Gasteiger partial charge in [-0.15, -0.1) is 23.2 Å². The second kappa shape index (κ2) is 7.48. The van der Waals surface area contributed by atoms with E-state index in [-0.39, 0.29) is 26.2 Å². The van der Waals surface area contributed by atoms with Crippen LogP contribution < -0.4 is 0 Å². The van der Waals surface area contributed by atoms with Gasteiger partial charge in [0.15, 0.2) is 0 Å². The maximum absolute atomic E-state index is 6.37. The van der Waals surface area contributed by atoms with E-state index >= 15 is 0 Å². The average Bonchev–Trinajstić information content (AvgIpc) is 2.30. The Kier molecular flexibility index (Phi) is 6.63. The largest absolute Gasteiger partial charge is 0.126 e. The maximum Gasteiger partial charge on any atom is 0.126 e. The van der Waals surface area contributed by atoms with Crippen LogP contribution in [0.5, 0.6) is 0 Å². The van der Waals surface area contributed by atoms with Crippen molar-refractivity contribution >= 4 is 23.2 Å². The number of rotatable bonds is 4. The molecule has 0 fully saturated rings. The van der Waals surface area contributed by atoms with Gasteiger partial charge in [0.05, 0.1) is 0 Å². The van der Waals surface area contributed by atoms with Gasteiger partial charge in [0.1, 0.15) is 4.33 Å². The fourth-order valence-electron chi connectivity index (χ4n) is 1.85. The molecular formula is C15H14Cl2Zr. The van der Waals surface area contributed by atoms with Crippen LogP contribution in [-0.4, -0.2) is 4.33 Å². The van der Waals surface area contributed by atoms with Crippen LogP contribution in [0.25, 0.3) is 0 Å². The molecule has 0 spiro atoms. The molecule has 18 heavy (non-hydrogen) atoms. The van der Waals surface area contributed by atoms with Gasteiger partial charge in [0.25, 0.3) is 0 Å². The van der Waals surface area contributed by atoms with E-state index < -0.39 is 4.33 Å². The van der Waals surface area contributed by atoms with Crippen LogP contribution in [0.15, 0.2) is 60.7 Å². The summed E-state index contributed by atoms with van der Waals surface area (Å²) >= 11 is 12.7. The summed E-state index contributed by atoms with van der Waals surface area (Å²) < 4.78 is -0.747. The third kappa shape index (κ3) is 5.26. The first-order chi connectivity index (χ1) is 8.16. The fourth-order valence-corrected chi connectivity index (χ4v) is 2.47. The Morgan fingerprint density at radius 3 is 1.33 bits per heavy atom. The van der Waals surface area contributed by atoms with Crippen LogP contribution in [0.1, 0.15) is 11.1 Å². The molecule has 0 aliphatic heterocycles. The summed E-state index contributed by atoms with van der Waals surface area (Å²) in [5, 5.41) is 0. The molecule has 92 valence electrons. The van der Waals surface area contributed by atoms with E-state index in [2.05, 4.69) is 0 Å². The number of hydrogen-bond donors (Lipinski definition) is 0. The molecule has 0 nitrogen and oxygen atoms in total. The minimum absolute atomic E-state index is 0. The van der Waals surface area contributed by atoms with E-state index in [0.717, 1.165) is 11.1 Å². The van der Waals surface area contributed by atoms with Gasteiger partial charge in [-0.2, -0.15) is 0 Å². The molecule has 0 bridgehead atoms. The predicted octanol–water partition coefficient (Wildman–Crippen LogP) is 4.64. The number of alkyl halides is 2. The summed E-state index contributed by atoms with van der Waals surface area (Å²) in [6, 6.07) is 20.2. The van der Waals surface area contributed by atoms with Crippen molar-refractivity contribution in [2.75, 3.05) is 0 Å². The quantitative estimate of drug-likeness (QED) is 0.700. The normalized spacial score (nSPS) is 10.8. The monoisotopic (exact) mass is 354 g/mol. The number of halogens is 2. The summed E-state index contributed by atoms with van der Waals surface area (Å²) in [4.78, 5) is 0. The predicted molar refractivity (Wildman–Crippen MR) is 74.7 cm³/mol. The zero-order chi connectivity index (χ0) is 12.1. The molecule has 0 amide bonds. The molecule has 0 radical (unpaired) electrons. The van der Waals surface area contributed by atoms with Crippen LogP contribution in [0.3, 0.4) is 0 Å². The van der Waals surface area contributed by atoms with Crippen molar-refractivity contribution in [1.82, 2.24) is 0 Å². The van der Waals surface area contributed by atoms with Gasteiger partial charge in [-0.1, -0.05) is 60.7 Å². The molecule has 0 N–H and O–H groups in total. The molecule has 0 aliphatic rings. The van der Waals surface area contributed by atoms with Crippen molar-refractivity contribution in [1.29, 1.82) is 0 Å². The topological polar surface area (TPSA) is 0 Å². The summed E-state index contributed by atoms with van der Waals surface area (Å²) in [6.07, 6.45) is 1.32. The first-order valence-corrected chi connectivity index (χ1v) is 6.37. The van der Waals surface area contributed by atoms with Gasteiger partial charge >= 0.3 is 0 Å². The van der Waals surface area contributed by atoms with E-state index in [9.17, 15) is 0 Å². The van der Waals surface area contributed by atoms with Crippen molar-refractivity contribution in [2.45, 2.75) is 17.2 Å². The molecule has 0 saturated carbocycles. The smallest absolute Gasteiger partial charge is 0.101 e. The third-order valence-electron chi connectivity index (χ3n) is 2.61. The molecule has 0 atom stereocenters. The fraction of sp³-hybridized carbons (Fsp3) is 0.200. The third-order valence-corrected chi connectivity index (χ3v) is 3.15. The maximum atomic E-state index is 6.37. The van der Waals surface area contributed by atoms with Crippen molar-refractivity contribution in [3.8, 4) is 0 Å². The van der Waals surface area contributed by atoms with Gasteiger partial charge < -0.3 is 0 Å². The van der Waals surface area contributed by atoms with Gasteiger partial charge in [-0.3, -0.25) is 0 Å². The molecule has 0 saturated heterocycles. The van der Waals surface area contributed by atoms with Gasteiger partial charge in [-0.25, -0.2) is 0 Å². The van der Waals surface area contributed by atoms with Crippen molar-refractivity contribution in [2.24, 2.45) is 0 Å². The minimum atomic E-state index is -0.747. The Morgan fingerprint density at radius 2 is 1.00 bits per heavy atom. The Hall–Kier alpha value is -0.0969. The summed E-state index contributed by atoms with van der Waals surface area (Å²) in [5.41, 5.74) is 2.32. The van der Waals surface area contributed by atoms with Gasteiger partial charge in [0.2, 0.25) is 0 Å². The molecular weight excluding hydrogens is 342 g/mol. The second-order valence-electron chi connectivity index (χ2n) is 4.18. The van der Waals surface area contributed by atoms with E-state index in [1.807, 2.05) is 60.7 Å². The van der Waals surface area contributed by atoms with Crippen molar-refractivity contribution < 1.29 is 26.2 Å². The molecule has 3 heteroatoms. The minimum Gasteiger partial charge on any atom is -0.101 e. The van der Waals surface area contributed by atoms with Crippen LogP contribution in [-0.2, 0) is 39.0 Å². The first kappa shape index (κ1) is 16.0. The van der Waals surface area contributed by atoms with Crippen molar-refractivity contribution in [3.05, 3.63) is 71.8 Å². The Bertz CT molecular complexity index is 411. The standard InChI is InChI=1S/C15H14Cl2.Zr/c16-15(17,11-13-7-3-1-4-8-13)12-14-9-5-2-6-10-14;/h1-10H,11-12H2;. The summed E-state index contributed by atoms with van der Waals surface area (Å²) in [6.45, 7) is 0. The Balaban J connectivity index is 0.00000162. The molecule has 0 aromatic heterocycles. The molecule has 0 heterocycles. The Morgan fingerprint density at radius 1 is 0.667 bits per heavy atom. The van der Waals surface area contributed by atoms with Crippen LogP contribution in [0, 0.1) is 0 Å². The second-order valence-corrected chi connectivity index (χ2v) is 5.82. The van der Waals surface area contributed by atoms with Crippen LogP contribution in [0.2, 0.25) is 0 Å². The zero-order valence-electron chi connectivity index (χ0n) is 9.94. The van der Waals surface area contributed by atoms with E-state index in [4.69, 9.17) is 23.2 Å². The molecule has 2 aromatic rings. The summed E-state index contributed by atoms with van der Waals surface area (Å²) in [5.74, 6) is 0. The average molecular weight is 356 g/mol. The van der Waals surface area contributed by atoms with Crippen LogP contribution >= 0.6 is 23.2 Å². The Labute approximate surface area is 137 Å².